The van der Waals surface area contributed by atoms with Gasteiger partial charge in [-0.05, 0) is 31.7 Å². The first kappa shape index (κ1) is 15.3. The summed E-state index contributed by atoms with van der Waals surface area (Å²) in [6, 6.07) is 2.76. The molecule has 112 valence electrons. The van der Waals surface area contributed by atoms with Gasteiger partial charge in [0, 0.05) is 48.8 Å². The van der Waals surface area contributed by atoms with Crippen LogP contribution in [0.5, 0.6) is 0 Å². The highest BCUT2D eigenvalue weighted by Gasteiger charge is 2.20. The summed E-state index contributed by atoms with van der Waals surface area (Å²) in [5, 5.41) is 3.51. The van der Waals surface area contributed by atoms with Crippen molar-refractivity contribution in [2.75, 3.05) is 18.0 Å². The van der Waals surface area contributed by atoms with Crippen LogP contribution in [0.3, 0.4) is 0 Å². The lowest BCUT2D eigenvalue weighted by Crippen LogP contribution is -2.35. The van der Waals surface area contributed by atoms with E-state index in [4.69, 9.17) is 0 Å². The van der Waals surface area contributed by atoms with Gasteiger partial charge in [-0.3, -0.25) is 4.98 Å². The zero-order chi connectivity index (χ0) is 14.5. The summed E-state index contributed by atoms with van der Waals surface area (Å²) in [7, 11) is 0. The number of hydrogen-bond acceptors (Lipinski definition) is 3. The Labute approximate surface area is 123 Å². The average Bonchev–Trinajstić information content (AvgIpc) is 2.46. The van der Waals surface area contributed by atoms with E-state index in [1.165, 1.54) is 43.6 Å². The summed E-state index contributed by atoms with van der Waals surface area (Å²) in [4.78, 5) is 7.03. The normalized spacial score (nSPS) is 16.9. The van der Waals surface area contributed by atoms with Crippen molar-refractivity contribution < 1.29 is 0 Å². The topological polar surface area (TPSA) is 28.2 Å². The fraction of sp³-hybridized carbons (Fsp3) is 0.706. The minimum absolute atomic E-state index is 0.509. The van der Waals surface area contributed by atoms with Crippen LogP contribution >= 0.6 is 0 Å². The van der Waals surface area contributed by atoms with E-state index in [-0.39, 0.29) is 0 Å². The summed E-state index contributed by atoms with van der Waals surface area (Å²) in [6.07, 6.45) is 6.03. The number of aryl methyl sites for hydroxylation is 1. The minimum atomic E-state index is 0.509. The van der Waals surface area contributed by atoms with Gasteiger partial charge in [0.1, 0.15) is 0 Å². The van der Waals surface area contributed by atoms with Crippen LogP contribution in [0.1, 0.15) is 51.3 Å². The van der Waals surface area contributed by atoms with Gasteiger partial charge in [0.25, 0.3) is 0 Å². The van der Waals surface area contributed by atoms with Crippen LogP contribution < -0.4 is 10.2 Å². The van der Waals surface area contributed by atoms with Gasteiger partial charge in [0.05, 0.1) is 0 Å². The predicted octanol–water partition coefficient (Wildman–Crippen LogP) is 3.51. The van der Waals surface area contributed by atoms with E-state index in [1.807, 2.05) is 6.20 Å². The van der Waals surface area contributed by atoms with Gasteiger partial charge in [-0.15, -0.1) is 0 Å². The molecule has 0 unspecified atom stereocenters. The van der Waals surface area contributed by atoms with Crippen LogP contribution in [-0.2, 0) is 6.54 Å². The molecule has 0 spiro atoms. The standard InChI is InChI=1S/C17H29N3/c1-5-15-6-8-20(9-7-15)17-10-14(4)19-12-16(17)11-18-13(2)3/h10,12-13,15,18H,5-9,11H2,1-4H3. The third kappa shape index (κ3) is 3.95. The van der Waals surface area contributed by atoms with Gasteiger partial charge in [-0.25, -0.2) is 0 Å². The first-order chi connectivity index (χ1) is 9.60. The van der Waals surface area contributed by atoms with Gasteiger partial charge in [-0.1, -0.05) is 27.2 Å². The summed E-state index contributed by atoms with van der Waals surface area (Å²) >= 11 is 0. The molecule has 1 aliphatic rings. The molecule has 3 nitrogen and oxygen atoms in total. The highest BCUT2D eigenvalue weighted by atomic mass is 15.1. The average molecular weight is 275 g/mol. The van der Waals surface area contributed by atoms with E-state index < -0.39 is 0 Å². The summed E-state index contributed by atoms with van der Waals surface area (Å²) in [5.41, 5.74) is 3.84. The highest BCUT2D eigenvalue weighted by molar-refractivity contribution is 5.54. The molecule has 0 amide bonds. The predicted molar refractivity (Wildman–Crippen MR) is 86.2 cm³/mol. The zero-order valence-electron chi connectivity index (χ0n) is 13.4. The third-order valence-corrected chi connectivity index (χ3v) is 4.33. The number of nitrogens with zero attached hydrogens (tertiary/aromatic N) is 2. The number of aromatic nitrogens is 1. The van der Waals surface area contributed by atoms with Gasteiger partial charge >= 0.3 is 0 Å². The van der Waals surface area contributed by atoms with E-state index in [0.717, 1.165) is 18.2 Å². The van der Waals surface area contributed by atoms with Crippen molar-refractivity contribution in [3.8, 4) is 0 Å². The number of piperidine rings is 1. The van der Waals surface area contributed by atoms with Crippen LogP contribution in [0.25, 0.3) is 0 Å². The molecular formula is C17H29N3. The number of hydrogen-bond donors (Lipinski definition) is 1. The van der Waals surface area contributed by atoms with Gasteiger partial charge in [-0.2, -0.15) is 0 Å². The van der Waals surface area contributed by atoms with Crippen LogP contribution in [0.2, 0.25) is 0 Å². The van der Waals surface area contributed by atoms with Crippen molar-refractivity contribution in [2.24, 2.45) is 5.92 Å². The lowest BCUT2D eigenvalue weighted by atomic mass is 9.94. The Morgan fingerprint density at radius 3 is 2.65 bits per heavy atom. The number of nitrogens with one attached hydrogen (secondary N) is 1. The molecule has 0 bridgehead atoms. The molecule has 1 aromatic heterocycles. The zero-order valence-corrected chi connectivity index (χ0v) is 13.4. The molecule has 0 atom stereocenters. The van der Waals surface area contributed by atoms with Crippen LogP contribution in [0, 0.1) is 12.8 Å². The lowest BCUT2D eigenvalue weighted by Gasteiger charge is -2.34. The third-order valence-electron chi connectivity index (χ3n) is 4.33. The second-order valence-corrected chi connectivity index (χ2v) is 6.33. The number of pyridine rings is 1. The lowest BCUT2D eigenvalue weighted by molar-refractivity contribution is 0.394. The molecule has 1 aromatic rings. The maximum Gasteiger partial charge on any atom is 0.0445 e. The molecule has 0 saturated carbocycles. The maximum atomic E-state index is 4.48. The molecule has 1 aliphatic heterocycles. The molecule has 0 radical (unpaired) electrons. The van der Waals surface area contributed by atoms with Crippen LogP contribution in [-0.4, -0.2) is 24.1 Å². The van der Waals surface area contributed by atoms with Gasteiger partial charge in [0.15, 0.2) is 0 Å². The largest absolute Gasteiger partial charge is 0.371 e. The first-order valence-electron chi connectivity index (χ1n) is 8.04. The summed E-state index contributed by atoms with van der Waals surface area (Å²) in [6.45, 7) is 12.1. The van der Waals surface area contributed by atoms with Crippen molar-refractivity contribution in [1.82, 2.24) is 10.3 Å². The van der Waals surface area contributed by atoms with E-state index in [9.17, 15) is 0 Å². The van der Waals surface area contributed by atoms with E-state index in [2.05, 4.69) is 49.0 Å². The Kier molecular flexibility index (Phi) is 5.41. The van der Waals surface area contributed by atoms with E-state index in [0.29, 0.717) is 6.04 Å². The minimum Gasteiger partial charge on any atom is -0.371 e. The van der Waals surface area contributed by atoms with Crippen LogP contribution in [0.15, 0.2) is 12.3 Å². The van der Waals surface area contributed by atoms with Crippen molar-refractivity contribution in [1.29, 1.82) is 0 Å². The highest BCUT2D eigenvalue weighted by Crippen LogP contribution is 2.28. The Balaban J connectivity index is 2.10. The van der Waals surface area contributed by atoms with Gasteiger partial charge < -0.3 is 10.2 Å². The molecule has 3 heteroatoms. The fourth-order valence-electron chi connectivity index (χ4n) is 2.90. The monoisotopic (exact) mass is 275 g/mol. The molecule has 1 saturated heterocycles. The molecule has 1 N–H and O–H groups in total. The molecule has 0 aromatic carbocycles. The van der Waals surface area contributed by atoms with Crippen molar-refractivity contribution >= 4 is 5.69 Å². The molecule has 20 heavy (non-hydrogen) atoms. The molecule has 2 rings (SSSR count). The van der Waals surface area contributed by atoms with Crippen LogP contribution in [0.4, 0.5) is 5.69 Å². The Hall–Kier alpha value is -1.09. The molecular weight excluding hydrogens is 246 g/mol. The summed E-state index contributed by atoms with van der Waals surface area (Å²) in [5.74, 6) is 0.923. The second-order valence-electron chi connectivity index (χ2n) is 6.33. The smallest absolute Gasteiger partial charge is 0.0445 e. The van der Waals surface area contributed by atoms with Crippen molar-refractivity contribution in [3.05, 3.63) is 23.5 Å². The second kappa shape index (κ2) is 7.07. The van der Waals surface area contributed by atoms with Crippen molar-refractivity contribution in [3.63, 3.8) is 0 Å². The molecule has 0 aliphatic carbocycles. The Morgan fingerprint density at radius 2 is 2.05 bits per heavy atom. The Morgan fingerprint density at radius 1 is 1.35 bits per heavy atom. The Bertz CT molecular complexity index is 420. The van der Waals surface area contributed by atoms with E-state index >= 15 is 0 Å². The first-order valence-corrected chi connectivity index (χ1v) is 8.04. The number of anilines is 1. The van der Waals surface area contributed by atoms with E-state index in [1.54, 1.807) is 0 Å². The fourth-order valence-corrected chi connectivity index (χ4v) is 2.90. The number of rotatable bonds is 5. The maximum absolute atomic E-state index is 4.48. The molecule has 1 fully saturated rings. The van der Waals surface area contributed by atoms with Gasteiger partial charge in [0.2, 0.25) is 0 Å². The molecule has 2 heterocycles. The summed E-state index contributed by atoms with van der Waals surface area (Å²) < 4.78 is 0. The quantitative estimate of drug-likeness (QED) is 0.891. The SMILES string of the molecule is CCC1CCN(c2cc(C)ncc2CNC(C)C)CC1. The van der Waals surface area contributed by atoms with Crippen molar-refractivity contribution in [2.45, 2.75) is 59.5 Å².